The summed E-state index contributed by atoms with van der Waals surface area (Å²) in [6.07, 6.45) is 1.57. The van der Waals surface area contributed by atoms with Gasteiger partial charge in [0.2, 0.25) is 0 Å². The summed E-state index contributed by atoms with van der Waals surface area (Å²) in [7, 11) is 0. The number of pyridine rings is 2. The average molecular weight is 401 g/mol. The van der Waals surface area contributed by atoms with Gasteiger partial charge in [0, 0.05) is 17.1 Å². The SMILES string of the molecule is C[C@H](NC(=O)c1cc2cccnc2n(Cc2ccccc2F)c1=O)c1ccccc1. The molecule has 0 saturated heterocycles. The second-order valence-electron chi connectivity index (χ2n) is 7.06. The number of amides is 1. The quantitative estimate of drug-likeness (QED) is 0.548. The zero-order chi connectivity index (χ0) is 21.1. The fraction of sp³-hybridized carbons (Fsp3) is 0.125. The van der Waals surface area contributed by atoms with Crippen molar-refractivity contribution in [2.45, 2.75) is 19.5 Å². The molecular weight excluding hydrogens is 381 g/mol. The van der Waals surface area contributed by atoms with Crippen LogP contribution in [0.3, 0.4) is 0 Å². The molecule has 1 amide bonds. The molecule has 0 aliphatic carbocycles. The Balaban J connectivity index is 1.75. The van der Waals surface area contributed by atoms with E-state index in [1.165, 1.54) is 16.7 Å². The van der Waals surface area contributed by atoms with Crippen molar-refractivity contribution in [3.05, 3.63) is 112 Å². The van der Waals surface area contributed by atoms with Crippen molar-refractivity contribution < 1.29 is 9.18 Å². The van der Waals surface area contributed by atoms with Gasteiger partial charge < -0.3 is 5.32 Å². The standard InChI is InChI=1S/C24H20FN3O2/c1-16(17-8-3-2-4-9-17)27-23(29)20-14-18-11-7-13-26-22(18)28(24(20)30)15-19-10-5-6-12-21(19)25/h2-14,16H,15H2,1H3,(H,27,29)/t16-/m0/s1. The van der Waals surface area contributed by atoms with Gasteiger partial charge >= 0.3 is 0 Å². The van der Waals surface area contributed by atoms with Crippen LogP contribution in [-0.2, 0) is 6.54 Å². The largest absolute Gasteiger partial charge is 0.345 e. The number of carbonyl (C=O) groups excluding carboxylic acids is 1. The minimum atomic E-state index is -0.512. The number of aromatic nitrogens is 2. The summed E-state index contributed by atoms with van der Waals surface area (Å²) >= 11 is 0. The number of hydrogen-bond acceptors (Lipinski definition) is 3. The van der Waals surface area contributed by atoms with E-state index in [1.807, 2.05) is 37.3 Å². The first-order valence-corrected chi connectivity index (χ1v) is 9.62. The van der Waals surface area contributed by atoms with Crippen molar-refractivity contribution in [1.29, 1.82) is 0 Å². The van der Waals surface area contributed by atoms with Crippen LogP contribution in [0.25, 0.3) is 11.0 Å². The first-order chi connectivity index (χ1) is 14.5. The molecule has 6 heteroatoms. The van der Waals surface area contributed by atoms with E-state index in [0.717, 1.165) is 5.56 Å². The number of nitrogens with zero attached hydrogens (tertiary/aromatic N) is 2. The van der Waals surface area contributed by atoms with Gasteiger partial charge in [0.1, 0.15) is 17.0 Å². The number of benzene rings is 2. The van der Waals surface area contributed by atoms with Gasteiger partial charge in [-0.25, -0.2) is 9.37 Å². The van der Waals surface area contributed by atoms with Crippen LogP contribution in [0.5, 0.6) is 0 Å². The highest BCUT2D eigenvalue weighted by atomic mass is 19.1. The van der Waals surface area contributed by atoms with E-state index < -0.39 is 17.3 Å². The van der Waals surface area contributed by atoms with Crippen LogP contribution >= 0.6 is 0 Å². The third-order valence-electron chi connectivity index (χ3n) is 5.03. The summed E-state index contributed by atoms with van der Waals surface area (Å²) in [6, 6.07) is 20.5. The zero-order valence-corrected chi connectivity index (χ0v) is 16.4. The number of carbonyl (C=O) groups is 1. The molecule has 1 N–H and O–H groups in total. The van der Waals surface area contributed by atoms with Crippen molar-refractivity contribution in [2.24, 2.45) is 0 Å². The molecule has 5 nitrogen and oxygen atoms in total. The Hall–Kier alpha value is -3.80. The number of fused-ring (bicyclic) bond motifs is 1. The van der Waals surface area contributed by atoms with Gasteiger partial charge in [-0.1, -0.05) is 48.5 Å². The summed E-state index contributed by atoms with van der Waals surface area (Å²) < 4.78 is 15.6. The van der Waals surface area contributed by atoms with Crippen LogP contribution < -0.4 is 10.9 Å². The third kappa shape index (κ3) is 3.85. The van der Waals surface area contributed by atoms with E-state index in [2.05, 4.69) is 10.3 Å². The molecule has 2 heterocycles. The predicted molar refractivity (Wildman–Crippen MR) is 114 cm³/mol. The fourth-order valence-electron chi connectivity index (χ4n) is 3.41. The molecule has 0 radical (unpaired) electrons. The maximum Gasteiger partial charge on any atom is 0.265 e. The van der Waals surface area contributed by atoms with Crippen LogP contribution in [0.2, 0.25) is 0 Å². The lowest BCUT2D eigenvalue weighted by atomic mass is 10.1. The maximum atomic E-state index is 14.2. The number of rotatable bonds is 5. The Morgan fingerprint density at radius 1 is 1.07 bits per heavy atom. The third-order valence-corrected chi connectivity index (χ3v) is 5.03. The van der Waals surface area contributed by atoms with Gasteiger partial charge in [-0.2, -0.15) is 0 Å². The molecule has 4 rings (SSSR count). The Morgan fingerprint density at radius 3 is 2.57 bits per heavy atom. The molecule has 30 heavy (non-hydrogen) atoms. The van der Waals surface area contributed by atoms with Crippen LogP contribution in [0.1, 0.15) is 34.5 Å². The topological polar surface area (TPSA) is 64.0 Å². The molecule has 4 aromatic rings. The summed E-state index contributed by atoms with van der Waals surface area (Å²) in [5.74, 6) is -0.898. The highest BCUT2D eigenvalue weighted by Gasteiger charge is 2.19. The molecule has 1 atom stereocenters. The Kier molecular flexibility index (Phi) is 5.39. The molecule has 0 fully saturated rings. The highest BCUT2D eigenvalue weighted by molar-refractivity contribution is 5.97. The monoisotopic (exact) mass is 401 g/mol. The van der Waals surface area contributed by atoms with E-state index in [9.17, 15) is 14.0 Å². The molecule has 2 aromatic heterocycles. The predicted octanol–water partition coefficient (Wildman–Crippen LogP) is 4.07. The van der Waals surface area contributed by atoms with Crippen LogP contribution in [0.15, 0.2) is 83.8 Å². The molecule has 0 aliphatic heterocycles. The highest BCUT2D eigenvalue weighted by Crippen LogP contribution is 2.16. The first kappa shape index (κ1) is 19.5. The van der Waals surface area contributed by atoms with Crippen molar-refractivity contribution in [3.63, 3.8) is 0 Å². The maximum absolute atomic E-state index is 14.2. The normalized spacial score (nSPS) is 11.9. The van der Waals surface area contributed by atoms with Gasteiger partial charge in [0.25, 0.3) is 11.5 Å². The van der Waals surface area contributed by atoms with Gasteiger partial charge in [-0.3, -0.25) is 14.2 Å². The molecule has 0 bridgehead atoms. The number of nitrogens with one attached hydrogen (secondary N) is 1. The molecule has 150 valence electrons. The summed E-state index contributed by atoms with van der Waals surface area (Å²) in [5.41, 5.74) is 1.16. The fourth-order valence-corrected chi connectivity index (χ4v) is 3.41. The minimum absolute atomic E-state index is 0.00498. The smallest absolute Gasteiger partial charge is 0.265 e. The van der Waals surface area contributed by atoms with Crippen LogP contribution in [-0.4, -0.2) is 15.5 Å². The van der Waals surface area contributed by atoms with E-state index in [1.54, 1.807) is 36.5 Å². The first-order valence-electron chi connectivity index (χ1n) is 9.62. The van der Waals surface area contributed by atoms with Crippen molar-refractivity contribution in [1.82, 2.24) is 14.9 Å². The lowest BCUT2D eigenvalue weighted by molar-refractivity contribution is 0.0938. The van der Waals surface area contributed by atoms with Crippen molar-refractivity contribution in [3.8, 4) is 0 Å². The lowest BCUT2D eigenvalue weighted by Crippen LogP contribution is -2.35. The van der Waals surface area contributed by atoms with Gasteiger partial charge in [-0.15, -0.1) is 0 Å². The van der Waals surface area contributed by atoms with Crippen LogP contribution in [0.4, 0.5) is 4.39 Å². The average Bonchev–Trinajstić information content (AvgIpc) is 2.77. The van der Waals surface area contributed by atoms with Crippen LogP contribution in [0, 0.1) is 5.82 Å². The molecule has 0 unspecified atom stereocenters. The van der Waals surface area contributed by atoms with Gasteiger partial charge in [0.15, 0.2) is 0 Å². The minimum Gasteiger partial charge on any atom is -0.345 e. The zero-order valence-electron chi connectivity index (χ0n) is 16.4. The number of hydrogen-bond donors (Lipinski definition) is 1. The lowest BCUT2D eigenvalue weighted by Gasteiger charge is -2.16. The molecular formula is C24H20FN3O2. The van der Waals surface area contributed by atoms with E-state index in [4.69, 9.17) is 0 Å². The molecule has 0 spiro atoms. The molecule has 0 aliphatic rings. The Morgan fingerprint density at radius 2 is 1.80 bits per heavy atom. The molecule has 2 aromatic carbocycles. The van der Waals surface area contributed by atoms with Crippen molar-refractivity contribution in [2.75, 3.05) is 0 Å². The summed E-state index contributed by atoms with van der Waals surface area (Å²) in [6.45, 7) is 1.84. The number of halogens is 1. The second-order valence-corrected chi connectivity index (χ2v) is 7.06. The van der Waals surface area contributed by atoms with E-state index in [0.29, 0.717) is 16.6 Å². The Bertz CT molecular complexity index is 1270. The second kappa shape index (κ2) is 8.29. The van der Waals surface area contributed by atoms with E-state index >= 15 is 0 Å². The van der Waals surface area contributed by atoms with Gasteiger partial charge in [0.05, 0.1) is 12.6 Å². The van der Waals surface area contributed by atoms with E-state index in [-0.39, 0.29) is 18.2 Å². The summed E-state index contributed by atoms with van der Waals surface area (Å²) in [4.78, 5) is 30.4. The van der Waals surface area contributed by atoms with Crippen molar-refractivity contribution >= 4 is 16.9 Å². The Labute approximate surface area is 172 Å². The molecule has 0 saturated carbocycles. The van der Waals surface area contributed by atoms with Gasteiger partial charge in [-0.05, 0) is 36.8 Å². The summed E-state index contributed by atoms with van der Waals surface area (Å²) in [5, 5.41) is 3.50.